The molecular formula is C17H20FN3O4. The lowest BCUT2D eigenvalue weighted by molar-refractivity contribution is -0.146. The van der Waals surface area contributed by atoms with Crippen molar-refractivity contribution in [1.29, 1.82) is 0 Å². The van der Waals surface area contributed by atoms with Gasteiger partial charge in [-0.05, 0) is 44.5 Å². The fourth-order valence-electron chi connectivity index (χ4n) is 1.96. The number of carboxylic acids is 1. The van der Waals surface area contributed by atoms with Crippen molar-refractivity contribution in [2.24, 2.45) is 5.41 Å². The molecule has 0 radical (unpaired) electrons. The van der Waals surface area contributed by atoms with Crippen LogP contribution in [-0.4, -0.2) is 33.7 Å². The predicted molar refractivity (Wildman–Crippen MR) is 87.2 cm³/mol. The number of benzene rings is 1. The largest absolute Gasteiger partial charge is 0.481 e. The summed E-state index contributed by atoms with van der Waals surface area (Å²) in [4.78, 5) is 27.0. The third-order valence-electron chi connectivity index (χ3n) is 3.76. The van der Waals surface area contributed by atoms with E-state index in [0.29, 0.717) is 17.0 Å². The van der Waals surface area contributed by atoms with E-state index in [1.165, 1.54) is 19.9 Å². The lowest BCUT2D eigenvalue weighted by Gasteiger charge is -2.19. The number of halogens is 1. The molecule has 2 aromatic rings. The van der Waals surface area contributed by atoms with E-state index in [9.17, 15) is 14.0 Å². The van der Waals surface area contributed by atoms with Gasteiger partial charge in [0.2, 0.25) is 17.6 Å². The molecule has 1 heterocycles. The number of nitrogens with one attached hydrogen (secondary N) is 1. The number of rotatable bonds is 7. The average Bonchev–Trinajstić information content (AvgIpc) is 3.02. The number of hydrogen-bond donors (Lipinski definition) is 2. The number of hydrogen-bond acceptors (Lipinski definition) is 5. The highest BCUT2D eigenvalue weighted by Gasteiger charge is 2.27. The Kier molecular flexibility index (Phi) is 5.51. The Morgan fingerprint density at radius 1 is 1.36 bits per heavy atom. The second kappa shape index (κ2) is 7.42. The van der Waals surface area contributed by atoms with E-state index in [2.05, 4.69) is 15.5 Å². The van der Waals surface area contributed by atoms with Crippen molar-refractivity contribution in [3.63, 3.8) is 0 Å². The van der Waals surface area contributed by atoms with E-state index >= 15 is 0 Å². The summed E-state index contributed by atoms with van der Waals surface area (Å²) in [6, 6.07) is 4.50. The topological polar surface area (TPSA) is 105 Å². The second-order valence-electron chi connectivity index (χ2n) is 6.44. The monoisotopic (exact) mass is 349 g/mol. The molecule has 0 atom stereocenters. The van der Waals surface area contributed by atoms with Gasteiger partial charge in [-0.2, -0.15) is 4.98 Å². The minimum absolute atomic E-state index is 0.0328. The first-order valence-electron chi connectivity index (χ1n) is 7.78. The highest BCUT2D eigenvalue weighted by atomic mass is 19.1. The van der Waals surface area contributed by atoms with Gasteiger partial charge in [0, 0.05) is 24.9 Å². The van der Waals surface area contributed by atoms with Crippen molar-refractivity contribution >= 4 is 11.9 Å². The summed E-state index contributed by atoms with van der Waals surface area (Å²) in [5, 5.41) is 15.4. The van der Waals surface area contributed by atoms with Crippen molar-refractivity contribution in [2.75, 3.05) is 6.54 Å². The first kappa shape index (κ1) is 18.6. The van der Waals surface area contributed by atoms with Crippen molar-refractivity contribution in [3.05, 3.63) is 35.5 Å². The highest BCUT2D eigenvalue weighted by Crippen LogP contribution is 2.19. The summed E-state index contributed by atoms with van der Waals surface area (Å²) >= 11 is 0. The van der Waals surface area contributed by atoms with Crippen molar-refractivity contribution in [3.8, 4) is 11.4 Å². The molecule has 0 aliphatic heterocycles. The standard InChI is InChI=1S/C17H20FN3O4/c1-10-8-11(4-5-12(10)18)15-20-14(25-21-15)7-6-13(22)19-9-17(2,3)16(23)24/h4-5,8H,6-7,9H2,1-3H3,(H,19,22)(H,23,24). The minimum atomic E-state index is -1.03. The Morgan fingerprint density at radius 3 is 2.72 bits per heavy atom. The van der Waals surface area contributed by atoms with E-state index in [1.54, 1.807) is 19.1 Å². The summed E-state index contributed by atoms with van der Waals surface area (Å²) in [6.45, 7) is 4.74. The molecule has 1 aromatic carbocycles. The molecule has 7 nitrogen and oxygen atoms in total. The molecule has 0 saturated heterocycles. The molecule has 2 rings (SSSR count). The number of aliphatic carboxylic acids is 1. The molecule has 1 aromatic heterocycles. The van der Waals surface area contributed by atoms with E-state index in [4.69, 9.17) is 9.63 Å². The lowest BCUT2D eigenvalue weighted by Crippen LogP contribution is -2.38. The van der Waals surface area contributed by atoms with Crippen LogP contribution in [0.5, 0.6) is 0 Å². The molecule has 0 aliphatic rings. The first-order chi connectivity index (χ1) is 11.7. The van der Waals surface area contributed by atoms with E-state index in [0.717, 1.165) is 0 Å². The fourth-order valence-corrected chi connectivity index (χ4v) is 1.96. The summed E-state index contributed by atoms with van der Waals surface area (Å²) in [5.41, 5.74) is 0.0687. The number of nitrogens with zero attached hydrogens (tertiary/aromatic N) is 2. The van der Waals surface area contributed by atoms with Crippen LogP contribution in [0.25, 0.3) is 11.4 Å². The molecular weight excluding hydrogens is 329 g/mol. The summed E-state index contributed by atoms with van der Waals surface area (Å²) < 4.78 is 18.4. The van der Waals surface area contributed by atoms with Crippen LogP contribution in [0.4, 0.5) is 4.39 Å². The quantitative estimate of drug-likeness (QED) is 0.795. The van der Waals surface area contributed by atoms with Crippen LogP contribution in [0.15, 0.2) is 22.7 Å². The normalized spacial score (nSPS) is 11.4. The molecule has 0 aliphatic carbocycles. The Balaban J connectivity index is 1.90. The maximum Gasteiger partial charge on any atom is 0.310 e. The van der Waals surface area contributed by atoms with Crippen LogP contribution < -0.4 is 5.32 Å². The average molecular weight is 349 g/mol. The third kappa shape index (κ3) is 4.85. The SMILES string of the molecule is Cc1cc(-c2noc(CCC(=O)NCC(C)(C)C(=O)O)n2)ccc1F. The van der Waals surface area contributed by atoms with Crippen LogP contribution in [0.3, 0.4) is 0 Å². The fraction of sp³-hybridized carbons (Fsp3) is 0.412. The second-order valence-corrected chi connectivity index (χ2v) is 6.44. The molecule has 0 bridgehead atoms. The molecule has 2 N–H and O–H groups in total. The summed E-state index contributed by atoms with van der Waals surface area (Å²) in [6.07, 6.45) is 0.326. The molecule has 134 valence electrons. The van der Waals surface area contributed by atoms with Gasteiger partial charge in [0.05, 0.1) is 5.41 Å². The van der Waals surface area contributed by atoms with Gasteiger partial charge in [-0.1, -0.05) is 5.16 Å². The van der Waals surface area contributed by atoms with Gasteiger partial charge in [0.1, 0.15) is 5.82 Å². The zero-order valence-electron chi connectivity index (χ0n) is 14.3. The Hall–Kier alpha value is -2.77. The van der Waals surface area contributed by atoms with E-state index in [1.807, 2.05) is 0 Å². The summed E-state index contributed by atoms with van der Waals surface area (Å²) in [5.74, 6) is -0.987. The maximum absolute atomic E-state index is 13.3. The minimum Gasteiger partial charge on any atom is -0.481 e. The number of carboxylic acid groups (broad SMARTS) is 1. The van der Waals surface area contributed by atoms with Gasteiger partial charge in [0.25, 0.3) is 0 Å². The zero-order valence-corrected chi connectivity index (χ0v) is 14.3. The van der Waals surface area contributed by atoms with Gasteiger partial charge in [0.15, 0.2) is 0 Å². The number of carbonyl (C=O) groups is 2. The number of carbonyl (C=O) groups excluding carboxylic acids is 1. The molecule has 25 heavy (non-hydrogen) atoms. The van der Waals surface area contributed by atoms with Crippen LogP contribution in [0, 0.1) is 18.2 Å². The predicted octanol–water partition coefficient (Wildman–Crippen LogP) is 2.34. The Bertz CT molecular complexity index is 786. The van der Waals surface area contributed by atoms with Gasteiger partial charge in [-0.15, -0.1) is 0 Å². The van der Waals surface area contributed by atoms with Gasteiger partial charge >= 0.3 is 5.97 Å². The Morgan fingerprint density at radius 2 is 2.08 bits per heavy atom. The number of amides is 1. The lowest BCUT2D eigenvalue weighted by atomic mass is 9.94. The summed E-state index contributed by atoms with van der Waals surface area (Å²) in [7, 11) is 0. The molecule has 0 saturated carbocycles. The molecule has 0 spiro atoms. The molecule has 0 fully saturated rings. The van der Waals surface area contributed by atoms with Gasteiger partial charge < -0.3 is 14.9 Å². The third-order valence-corrected chi connectivity index (χ3v) is 3.76. The van der Waals surface area contributed by atoms with Crippen molar-refractivity contribution in [1.82, 2.24) is 15.5 Å². The Labute approximate surface area is 144 Å². The van der Waals surface area contributed by atoms with E-state index in [-0.39, 0.29) is 37.0 Å². The first-order valence-corrected chi connectivity index (χ1v) is 7.78. The maximum atomic E-state index is 13.3. The molecule has 1 amide bonds. The van der Waals surface area contributed by atoms with Crippen LogP contribution in [0.2, 0.25) is 0 Å². The molecule has 8 heteroatoms. The molecule has 0 unspecified atom stereocenters. The van der Waals surface area contributed by atoms with E-state index < -0.39 is 11.4 Å². The number of aromatic nitrogens is 2. The zero-order chi connectivity index (χ0) is 18.6. The van der Waals surface area contributed by atoms with Crippen molar-refractivity contribution in [2.45, 2.75) is 33.6 Å². The van der Waals surface area contributed by atoms with Crippen LogP contribution >= 0.6 is 0 Å². The van der Waals surface area contributed by atoms with Crippen molar-refractivity contribution < 1.29 is 23.6 Å². The van der Waals surface area contributed by atoms with Gasteiger partial charge in [-0.25, -0.2) is 4.39 Å². The van der Waals surface area contributed by atoms with Crippen LogP contribution in [-0.2, 0) is 16.0 Å². The smallest absolute Gasteiger partial charge is 0.310 e. The van der Waals surface area contributed by atoms with Gasteiger partial charge in [-0.3, -0.25) is 9.59 Å². The number of aryl methyl sites for hydroxylation is 2. The highest BCUT2D eigenvalue weighted by molar-refractivity contribution is 5.78. The van der Waals surface area contributed by atoms with Crippen LogP contribution in [0.1, 0.15) is 31.7 Å².